The number of benzene rings is 2. The highest BCUT2D eigenvalue weighted by molar-refractivity contribution is 6.00. The van der Waals surface area contributed by atoms with E-state index in [1.54, 1.807) is 6.07 Å². The zero-order valence-electron chi connectivity index (χ0n) is 15.4. The lowest BCUT2D eigenvalue weighted by Crippen LogP contribution is -2.44. The molecule has 2 aromatic rings. The number of hydrogen-bond acceptors (Lipinski definition) is 4. The van der Waals surface area contributed by atoms with Crippen LogP contribution in [0.25, 0.3) is 0 Å². The van der Waals surface area contributed by atoms with Gasteiger partial charge in [-0.3, -0.25) is 9.91 Å². The Bertz CT molecular complexity index is 761. The van der Waals surface area contributed by atoms with Crippen molar-refractivity contribution in [3.8, 4) is 5.75 Å². The van der Waals surface area contributed by atoms with Gasteiger partial charge in [-0.05, 0) is 44.0 Å². The van der Waals surface area contributed by atoms with Crippen molar-refractivity contribution < 1.29 is 5.11 Å². The minimum absolute atomic E-state index is 0.289. The maximum atomic E-state index is 9.95. The first-order chi connectivity index (χ1) is 12.0. The van der Waals surface area contributed by atoms with E-state index in [4.69, 9.17) is 5.10 Å². The van der Waals surface area contributed by atoms with Crippen molar-refractivity contribution in [3.05, 3.63) is 64.7 Å². The molecule has 1 N–H and O–H groups in total. The molecule has 2 aromatic carbocycles. The van der Waals surface area contributed by atoms with E-state index >= 15 is 0 Å². The van der Waals surface area contributed by atoms with Crippen LogP contribution in [0.3, 0.4) is 0 Å². The van der Waals surface area contributed by atoms with Gasteiger partial charge in [0.05, 0.1) is 5.71 Å². The summed E-state index contributed by atoms with van der Waals surface area (Å²) in [4.78, 5) is 2.49. The molecule has 0 atom stereocenters. The summed E-state index contributed by atoms with van der Waals surface area (Å²) in [5.74, 6) is 0.289. The fourth-order valence-corrected chi connectivity index (χ4v) is 3.31. The topological polar surface area (TPSA) is 39.1 Å². The summed E-state index contributed by atoms with van der Waals surface area (Å²) in [6.07, 6.45) is 0. The Labute approximate surface area is 150 Å². The highest BCUT2D eigenvalue weighted by Gasteiger charge is 2.17. The van der Waals surface area contributed by atoms with Crippen LogP contribution in [-0.4, -0.2) is 46.9 Å². The van der Waals surface area contributed by atoms with Gasteiger partial charge in [-0.15, -0.1) is 0 Å². The first-order valence-electron chi connectivity index (χ1n) is 8.90. The molecular formula is C21H27N3O. The molecule has 0 aliphatic carbocycles. The smallest absolute Gasteiger partial charge is 0.124 e. The first kappa shape index (κ1) is 17.5. The summed E-state index contributed by atoms with van der Waals surface area (Å²) in [6.45, 7) is 11.1. The Hall–Kier alpha value is -2.33. The molecule has 0 aromatic heterocycles. The lowest BCUT2D eigenvalue weighted by atomic mass is 10.1. The Morgan fingerprint density at radius 1 is 1.04 bits per heavy atom. The average molecular weight is 337 g/mol. The van der Waals surface area contributed by atoms with Crippen molar-refractivity contribution >= 4 is 5.71 Å². The van der Waals surface area contributed by atoms with E-state index in [9.17, 15) is 5.11 Å². The highest BCUT2D eigenvalue weighted by atomic mass is 16.3. The number of nitrogens with zero attached hydrogens (tertiary/aromatic N) is 3. The van der Waals surface area contributed by atoms with Crippen LogP contribution < -0.4 is 0 Å². The number of phenols is 1. The van der Waals surface area contributed by atoms with Crippen LogP contribution in [0.1, 0.15) is 29.2 Å². The van der Waals surface area contributed by atoms with E-state index in [-0.39, 0.29) is 5.75 Å². The van der Waals surface area contributed by atoms with Crippen LogP contribution in [0.4, 0.5) is 0 Å². The van der Waals surface area contributed by atoms with Gasteiger partial charge in [0.1, 0.15) is 5.75 Å². The van der Waals surface area contributed by atoms with Crippen molar-refractivity contribution in [2.75, 3.05) is 26.2 Å². The van der Waals surface area contributed by atoms with Crippen molar-refractivity contribution in [2.45, 2.75) is 27.3 Å². The normalized spacial score (nSPS) is 16.3. The fourth-order valence-electron chi connectivity index (χ4n) is 3.31. The van der Waals surface area contributed by atoms with Crippen LogP contribution in [0, 0.1) is 13.8 Å². The predicted octanol–water partition coefficient (Wildman–Crippen LogP) is 3.55. The van der Waals surface area contributed by atoms with Gasteiger partial charge in [0, 0.05) is 38.3 Å². The standard InChI is InChI=1S/C21H27N3O/c1-16-8-9-19(17(2)14-16)15-23-10-12-24(13-11-23)22-18(3)20-6-4-5-7-21(20)25/h4-9,14,25H,10-13,15H2,1-3H3/b22-18+. The fraction of sp³-hybridized carbons (Fsp3) is 0.381. The van der Waals surface area contributed by atoms with Crippen LogP contribution in [0.15, 0.2) is 47.6 Å². The molecule has 1 aliphatic heterocycles. The van der Waals surface area contributed by atoms with Crippen molar-refractivity contribution in [3.63, 3.8) is 0 Å². The van der Waals surface area contributed by atoms with Crippen molar-refractivity contribution in [1.29, 1.82) is 0 Å². The van der Waals surface area contributed by atoms with Crippen LogP contribution in [0.5, 0.6) is 5.75 Å². The average Bonchev–Trinajstić information content (AvgIpc) is 2.59. The van der Waals surface area contributed by atoms with E-state index in [2.05, 4.69) is 42.0 Å². The van der Waals surface area contributed by atoms with Gasteiger partial charge in [0.15, 0.2) is 0 Å². The second-order valence-corrected chi connectivity index (χ2v) is 6.86. The van der Waals surface area contributed by atoms with Crippen LogP contribution in [0.2, 0.25) is 0 Å². The van der Waals surface area contributed by atoms with Gasteiger partial charge >= 0.3 is 0 Å². The Morgan fingerprint density at radius 2 is 1.76 bits per heavy atom. The van der Waals surface area contributed by atoms with Crippen LogP contribution in [-0.2, 0) is 6.54 Å². The number of aromatic hydroxyl groups is 1. The second kappa shape index (κ2) is 7.70. The van der Waals surface area contributed by atoms with Crippen molar-refractivity contribution in [1.82, 2.24) is 9.91 Å². The van der Waals surface area contributed by atoms with Crippen molar-refractivity contribution in [2.24, 2.45) is 5.10 Å². The number of para-hydroxylation sites is 1. The largest absolute Gasteiger partial charge is 0.507 e. The predicted molar refractivity (Wildman–Crippen MR) is 103 cm³/mol. The zero-order valence-corrected chi connectivity index (χ0v) is 15.4. The van der Waals surface area contributed by atoms with E-state index in [0.29, 0.717) is 0 Å². The zero-order chi connectivity index (χ0) is 17.8. The molecule has 25 heavy (non-hydrogen) atoms. The summed E-state index contributed by atoms with van der Waals surface area (Å²) in [5, 5.41) is 16.8. The molecule has 3 rings (SSSR count). The lowest BCUT2D eigenvalue weighted by molar-refractivity contribution is 0.130. The molecule has 0 bridgehead atoms. The SMILES string of the molecule is C/C(=N\N1CCN(Cc2ccc(C)cc2C)CC1)c1ccccc1O. The van der Waals surface area contributed by atoms with Crippen LogP contribution >= 0.6 is 0 Å². The van der Waals surface area contributed by atoms with Gasteiger partial charge in [-0.25, -0.2) is 0 Å². The van der Waals surface area contributed by atoms with E-state index < -0.39 is 0 Å². The van der Waals surface area contributed by atoms with E-state index in [0.717, 1.165) is 44.0 Å². The molecule has 132 valence electrons. The van der Waals surface area contributed by atoms with E-state index in [1.165, 1.54) is 16.7 Å². The summed E-state index contributed by atoms with van der Waals surface area (Å²) in [7, 11) is 0. The number of piperazine rings is 1. The summed E-state index contributed by atoms with van der Waals surface area (Å²) >= 11 is 0. The molecule has 4 heteroatoms. The third-order valence-corrected chi connectivity index (χ3v) is 4.83. The molecule has 4 nitrogen and oxygen atoms in total. The number of rotatable bonds is 4. The molecule has 1 fully saturated rings. The molecule has 1 aliphatic rings. The molecule has 1 heterocycles. The summed E-state index contributed by atoms with van der Waals surface area (Å²) in [6, 6.07) is 14.1. The number of hydrogen-bond donors (Lipinski definition) is 1. The quantitative estimate of drug-likeness (QED) is 0.867. The summed E-state index contributed by atoms with van der Waals surface area (Å²) < 4.78 is 0. The second-order valence-electron chi connectivity index (χ2n) is 6.86. The molecular weight excluding hydrogens is 310 g/mol. The van der Waals surface area contributed by atoms with Gasteiger partial charge in [0.25, 0.3) is 0 Å². The molecule has 0 spiro atoms. The lowest BCUT2D eigenvalue weighted by Gasteiger charge is -2.33. The molecule has 1 saturated heterocycles. The third kappa shape index (κ3) is 4.40. The minimum atomic E-state index is 0.289. The Balaban J connectivity index is 1.58. The molecule has 0 radical (unpaired) electrons. The van der Waals surface area contributed by atoms with E-state index in [1.807, 2.05) is 25.1 Å². The number of hydrazone groups is 1. The Morgan fingerprint density at radius 3 is 2.44 bits per heavy atom. The molecule has 0 saturated carbocycles. The number of aryl methyl sites for hydroxylation is 2. The maximum Gasteiger partial charge on any atom is 0.124 e. The monoisotopic (exact) mass is 337 g/mol. The Kier molecular flexibility index (Phi) is 5.39. The maximum absolute atomic E-state index is 9.95. The minimum Gasteiger partial charge on any atom is -0.507 e. The molecule has 0 unspecified atom stereocenters. The highest BCUT2D eigenvalue weighted by Crippen LogP contribution is 2.18. The molecule has 0 amide bonds. The van der Waals surface area contributed by atoms with Gasteiger partial charge < -0.3 is 5.11 Å². The van der Waals surface area contributed by atoms with Gasteiger partial charge in [0.2, 0.25) is 0 Å². The third-order valence-electron chi connectivity index (χ3n) is 4.83. The summed E-state index contributed by atoms with van der Waals surface area (Å²) in [5.41, 5.74) is 5.77. The number of phenolic OH excluding ortho intramolecular Hbond substituents is 1. The first-order valence-corrected chi connectivity index (χ1v) is 8.90. The van der Waals surface area contributed by atoms with Gasteiger partial charge in [-0.1, -0.05) is 35.9 Å². The van der Waals surface area contributed by atoms with Gasteiger partial charge in [-0.2, -0.15) is 5.10 Å².